The maximum atomic E-state index is 14.7. The highest BCUT2D eigenvalue weighted by Crippen LogP contribution is 2.57. The Morgan fingerprint density at radius 2 is 1.59 bits per heavy atom. The van der Waals surface area contributed by atoms with Gasteiger partial charge in [0.25, 0.3) is 0 Å². The zero-order valence-electron chi connectivity index (χ0n) is 31.6. The molecule has 2 heterocycles. The fourth-order valence-electron chi connectivity index (χ4n) is 9.69. The van der Waals surface area contributed by atoms with Crippen molar-refractivity contribution in [2.75, 3.05) is 7.11 Å². The fraction of sp³-hybridized carbons (Fsp3) is 0.805. The van der Waals surface area contributed by atoms with Crippen molar-refractivity contribution in [1.29, 1.82) is 0 Å². The van der Waals surface area contributed by atoms with Crippen LogP contribution in [0.25, 0.3) is 0 Å². The second kappa shape index (κ2) is 14.5. The van der Waals surface area contributed by atoms with Gasteiger partial charge in [-0.1, -0.05) is 57.8 Å². The summed E-state index contributed by atoms with van der Waals surface area (Å²) < 4.78 is 18.1. The molecule has 2 saturated heterocycles. The lowest BCUT2D eigenvalue weighted by Crippen LogP contribution is -2.54. The highest BCUT2D eigenvalue weighted by molar-refractivity contribution is 5.97. The third-order valence-electron chi connectivity index (χ3n) is 13.2. The predicted molar refractivity (Wildman–Crippen MR) is 188 cm³/mol. The van der Waals surface area contributed by atoms with Crippen LogP contribution in [0.15, 0.2) is 22.8 Å². The molecule has 3 fully saturated rings. The highest BCUT2D eigenvalue weighted by atomic mass is 16.6. The summed E-state index contributed by atoms with van der Waals surface area (Å²) in [4.78, 5) is 57.5. The standard InChI is InChI=1S/C41H62O8/c1-23(2)28-20-31(42)26(5)12-10-11-24(3)18-32(43)29-19-27(6)37-30(41(29,22-33(28)44)38(46)47-9)17-25(4)13-14-35-39(7,48-35)16-15-36-40(8,49-36)21-34(37)45/h17,23-24,26,28-30,34-36,45H,10-16,18-22H2,1-9H3. The molecule has 1 saturated carbocycles. The summed E-state index contributed by atoms with van der Waals surface area (Å²) in [6.45, 7) is 16.1. The van der Waals surface area contributed by atoms with Crippen molar-refractivity contribution >= 4 is 23.3 Å². The third kappa shape index (κ3) is 7.72. The summed E-state index contributed by atoms with van der Waals surface area (Å²) in [5.41, 5.74) is 0.309. The van der Waals surface area contributed by atoms with Crippen LogP contribution in [0.4, 0.5) is 0 Å². The van der Waals surface area contributed by atoms with Crippen molar-refractivity contribution in [3.8, 4) is 0 Å². The van der Waals surface area contributed by atoms with Crippen LogP contribution < -0.4 is 0 Å². The van der Waals surface area contributed by atoms with Crippen molar-refractivity contribution in [2.45, 2.75) is 162 Å². The number of aliphatic hydroxyl groups is 1. The van der Waals surface area contributed by atoms with Gasteiger partial charge >= 0.3 is 5.97 Å². The summed E-state index contributed by atoms with van der Waals surface area (Å²) >= 11 is 0. The zero-order valence-corrected chi connectivity index (χ0v) is 31.6. The molecule has 8 heteroatoms. The molecule has 274 valence electrons. The topological polar surface area (TPSA) is 123 Å². The third-order valence-corrected chi connectivity index (χ3v) is 13.2. The molecule has 5 rings (SSSR count). The van der Waals surface area contributed by atoms with E-state index in [0.29, 0.717) is 12.0 Å². The SMILES string of the molecule is COC(=O)C12CC(=O)C(C(C)C)CC(=O)C(C)CCCC(C)CC(=O)C1CC(C)=C1C(O)CC3(C)OC3CCC3(C)OC3CCC(C)=CC12. The van der Waals surface area contributed by atoms with Gasteiger partial charge in [-0.05, 0) is 83.6 Å². The second-order valence-corrected chi connectivity index (χ2v) is 17.4. The van der Waals surface area contributed by atoms with Gasteiger partial charge in [-0.3, -0.25) is 19.2 Å². The maximum absolute atomic E-state index is 14.7. The first-order chi connectivity index (χ1) is 23.0. The van der Waals surface area contributed by atoms with Crippen molar-refractivity contribution in [3.05, 3.63) is 22.8 Å². The van der Waals surface area contributed by atoms with E-state index in [1.54, 1.807) is 0 Å². The number of carbonyl (C=O) groups is 4. The van der Waals surface area contributed by atoms with Crippen LogP contribution in [0, 0.1) is 40.9 Å². The van der Waals surface area contributed by atoms with Crippen LogP contribution in [-0.2, 0) is 33.4 Å². The minimum atomic E-state index is -1.57. The lowest BCUT2D eigenvalue weighted by atomic mass is 9.53. The summed E-state index contributed by atoms with van der Waals surface area (Å²) in [5.74, 6) is -3.16. The number of carbonyl (C=O) groups excluding carboxylic acids is 4. The smallest absolute Gasteiger partial charge is 0.313 e. The molecule has 3 aliphatic carbocycles. The Morgan fingerprint density at radius 1 is 0.918 bits per heavy atom. The van der Waals surface area contributed by atoms with E-state index in [9.17, 15) is 24.3 Å². The van der Waals surface area contributed by atoms with E-state index < -0.39 is 40.8 Å². The number of hydrogen-bond donors (Lipinski definition) is 1. The normalized spacial score (nSPS) is 42.8. The van der Waals surface area contributed by atoms with Crippen LogP contribution in [0.2, 0.25) is 0 Å². The van der Waals surface area contributed by atoms with Crippen LogP contribution in [0.1, 0.15) is 132 Å². The number of hydrogen-bond acceptors (Lipinski definition) is 8. The largest absolute Gasteiger partial charge is 0.469 e. The van der Waals surface area contributed by atoms with Crippen molar-refractivity contribution in [2.24, 2.45) is 40.9 Å². The van der Waals surface area contributed by atoms with Gasteiger partial charge in [0.05, 0.1) is 42.0 Å². The van der Waals surface area contributed by atoms with E-state index in [2.05, 4.69) is 19.9 Å². The summed E-state index contributed by atoms with van der Waals surface area (Å²) in [6.07, 6.45) is 7.63. The van der Waals surface area contributed by atoms with E-state index in [-0.39, 0.29) is 78.6 Å². The van der Waals surface area contributed by atoms with Crippen molar-refractivity contribution in [1.82, 2.24) is 0 Å². The van der Waals surface area contributed by atoms with Crippen LogP contribution in [0.5, 0.6) is 0 Å². The number of ether oxygens (including phenoxy) is 3. The first-order valence-corrected chi connectivity index (χ1v) is 19.0. The average Bonchev–Trinajstić information content (AvgIpc) is 3.89. The van der Waals surface area contributed by atoms with E-state index in [4.69, 9.17) is 14.2 Å². The number of rotatable bonds is 2. The average molecular weight is 683 g/mol. The van der Waals surface area contributed by atoms with Gasteiger partial charge in [0, 0.05) is 49.4 Å². The molecule has 0 radical (unpaired) electrons. The number of allylic oxidation sites excluding steroid dienone is 3. The van der Waals surface area contributed by atoms with Crippen molar-refractivity contribution < 1.29 is 38.5 Å². The molecule has 0 spiro atoms. The zero-order chi connectivity index (χ0) is 36.1. The molecule has 5 aliphatic rings. The predicted octanol–water partition coefficient (Wildman–Crippen LogP) is 7.29. The number of fused-ring (bicyclic) bond motifs is 5. The molecule has 0 bridgehead atoms. The summed E-state index contributed by atoms with van der Waals surface area (Å²) in [7, 11) is 1.33. The molecular weight excluding hydrogens is 620 g/mol. The molecule has 11 atom stereocenters. The molecule has 49 heavy (non-hydrogen) atoms. The summed E-state index contributed by atoms with van der Waals surface area (Å²) in [5, 5.41) is 12.2. The Kier molecular flexibility index (Phi) is 11.2. The van der Waals surface area contributed by atoms with E-state index in [1.807, 2.05) is 41.5 Å². The van der Waals surface area contributed by atoms with Gasteiger partial charge in [-0.25, -0.2) is 0 Å². The molecule has 2 aliphatic heterocycles. The van der Waals surface area contributed by atoms with E-state index in [0.717, 1.165) is 56.1 Å². The molecular formula is C41H62O8. The Balaban J connectivity index is 1.69. The monoisotopic (exact) mass is 682 g/mol. The molecule has 0 aromatic rings. The lowest BCUT2D eigenvalue weighted by molar-refractivity contribution is -0.166. The first kappa shape index (κ1) is 38.1. The van der Waals surface area contributed by atoms with E-state index in [1.165, 1.54) is 7.11 Å². The second-order valence-electron chi connectivity index (χ2n) is 17.4. The fourth-order valence-corrected chi connectivity index (χ4v) is 9.69. The van der Waals surface area contributed by atoms with Gasteiger partial charge in [0.1, 0.15) is 17.3 Å². The number of aliphatic hydroxyl groups excluding tert-OH is 1. The number of esters is 1. The van der Waals surface area contributed by atoms with E-state index >= 15 is 0 Å². The summed E-state index contributed by atoms with van der Waals surface area (Å²) in [6, 6.07) is 0. The Hall–Kier alpha value is -2.16. The van der Waals surface area contributed by atoms with Crippen LogP contribution in [-0.4, -0.2) is 65.0 Å². The molecule has 8 nitrogen and oxygen atoms in total. The maximum Gasteiger partial charge on any atom is 0.313 e. The number of methoxy groups -OCH3 is 1. The number of ketones is 3. The molecule has 0 aromatic heterocycles. The number of Topliss-reactive ketones (excluding diaryl/α,β-unsaturated/α-hetero) is 3. The Labute approximate surface area is 294 Å². The molecule has 11 unspecified atom stereocenters. The minimum absolute atomic E-state index is 0.0000322. The lowest BCUT2D eigenvalue weighted by Gasteiger charge is -2.49. The minimum Gasteiger partial charge on any atom is -0.469 e. The highest BCUT2D eigenvalue weighted by Gasteiger charge is 2.62. The molecule has 0 aromatic carbocycles. The molecule has 0 amide bonds. The van der Waals surface area contributed by atoms with Gasteiger partial charge < -0.3 is 19.3 Å². The van der Waals surface area contributed by atoms with Gasteiger partial charge in [-0.15, -0.1) is 0 Å². The van der Waals surface area contributed by atoms with Crippen molar-refractivity contribution in [3.63, 3.8) is 0 Å². The molecule has 1 N–H and O–H groups in total. The van der Waals surface area contributed by atoms with Crippen LogP contribution >= 0.6 is 0 Å². The first-order valence-electron chi connectivity index (χ1n) is 19.0. The van der Waals surface area contributed by atoms with Crippen LogP contribution in [0.3, 0.4) is 0 Å². The van der Waals surface area contributed by atoms with Gasteiger partial charge in [0.2, 0.25) is 0 Å². The Bertz CT molecular complexity index is 1380. The number of epoxide rings is 2. The quantitative estimate of drug-likeness (QED) is 0.183. The van der Waals surface area contributed by atoms with Gasteiger partial charge in [0.15, 0.2) is 0 Å². The van der Waals surface area contributed by atoms with Gasteiger partial charge in [-0.2, -0.15) is 0 Å². The Morgan fingerprint density at radius 3 is 2.27 bits per heavy atom.